The quantitative estimate of drug-likeness (QED) is 0.887. The monoisotopic (exact) mass is 367 g/mol. The minimum Gasteiger partial charge on any atom is -0.505 e. The van der Waals surface area contributed by atoms with Gasteiger partial charge in [0.25, 0.3) is 5.91 Å². The molecule has 1 N–H and O–H groups in total. The van der Waals surface area contributed by atoms with Crippen LogP contribution in [0.1, 0.15) is 34.8 Å². The van der Waals surface area contributed by atoms with Gasteiger partial charge in [-0.3, -0.25) is 9.69 Å². The predicted molar refractivity (Wildman–Crippen MR) is 98.0 cm³/mol. The van der Waals surface area contributed by atoms with Crippen LogP contribution in [0.15, 0.2) is 42.6 Å². The van der Waals surface area contributed by atoms with Crippen molar-refractivity contribution in [2.24, 2.45) is 5.92 Å². The first-order valence-corrected chi connectivity index (χ1v) is 9.58. The van der Waals surface area contributed by atoms with E-state index in [1.54, 1.807) is 6.07 Å². The molecular weight excluding hydrogens is 345 g/mol. The zero-order valence-corrected chi connectivity index (χ0v) is 15.0. The summed E-state index contributed by atoms with van der Waals surface area (Å²) in [5.41, 5.74) is 1.19. The Morgan fingerprint density at radius 3 is 2.56 bits per heavy atom. The molecule has 6 heteroatoms. The van der Waals surface area contributed by atoms with Gasteiger partial charge in [0.15, 0.2) is 5.69 Å². The van der Waals surface area contributed by atoms with E-state index in [-0.39, 0.29) is 41.2 Å². The second kappa shape index (κ2) is 6.30. The first-order valence-electron chi connectivity index (χ1n) is 9.58. The van der Waals surface area contributed by atoms with Gasteiger partial charge in [-0.05, 0) is 61.7 Å². The average Bonchev–Trinajstić information content (AvgIpc) is 3.12. The number of likely N-dealkylation sites (tertiary alicyclic amines) is 1. The van der Waals surface area contributed by atoms with Crippen molar-refractivity contribution in [3.63, 3.8) is 0 Å². The van der Waals surface area contributed by atoms with Crippen LogP contribution >= 0.6 is 0 Å². The Hall–Kier alpha value is -2.47. The molecule has 140 valence electrons. The predicted octanol–water partition coefficient (Wildman–Crippen LogP) is 2.63. The normalized spacial score (nSPS) is 31.7. The molecule has 5 heterocycles. The molecule has 0 spiro atoms. The summed E-state index contributed by atoms with van der Waals surface area (Å²) in [6.45, 7) is 2.68. The fraction of sp³-hybridized carbons (Fsp3) is 0.429. The number of halogens is 1. The summed E-state index contributed by atoms with van der Waals surface area (Å²) in [5.74, 6) is 0.0888. The summed E-state index contributed by atoms with van der Waals surface area (Å²) in [5, 5.41) is 10.1. The minimum atomic E-state index is -0.245. The van der Waals surface area contributed by atoms with Crippen molar-refractivity contribution in [1.82, 2.24) is 14.8 Å². The van der Waals surface area contributed by atoms with Crippen LogP contribution in [0, 0.1) is 11.7 Å². The van der Waals surface area contributed by atoms with Gasteiger partial charge in [0.1, 0.15) is 11.6 Å². The van der Waals surface area contributed by atoms with E-state index in [0.717, 1.165) is 31.5 Å². The molecule has 4 aliphatic rings. The van der Waals surface area contributed by atoms with E-state index in [0.29, 0.717) is 12.5 Å². The van der Waals surface area contributed by atoms with Gasteiger partial charge in [0.05, 0.1) is 6.04 Å². The van der Waals surface area contributed by atoms with E-state index in [1.807, 2.05) is 17.0 Å². The summed E-state index contributed by atoms with van der Waals surface area (Å²) in [4.78, 5) is 21.8. The van der Waals surface area contributed by atoms with Crippen molar-refractivity contribution in [2.45, 2.75) is 30.8 Å². The molecule has 6 rings (SSSR count). The molecule has 0 unspecified atom stereocenters. The molecule has 2 aromatic rings. The molecular formula is C21H22FN3O2. The summed E-state index contributed by atoms with van der Waals surface area (Å²) in [6, 6.07) is 10.2. The van der Waals surface area contributed by atoms with E-state index in [1.165, 1.54) is 24.4 Å². The molecule has 4 aliphatic heterocycles. The first-order chi connectivity index (χ1) is 13.1. The molecule has 0 saturated carbocycles. The lowest BCUT2D eigenvalue weighted by Crippen LogP contribution is -2.60. The van der Waals surface area contributed by atoms with Crippen molar-refractivity contribution < 1.29 is 14.3 Å². The van der Waals surface area contributed by atoms with Crippen molar-refractivity contribution >= 4 is 5.91 Å². The van der Waals surface area contributed by atoms with E-state index in [4.69, 9.17) is 0 Å². The Morgan fingerprint density at radius 1 is 1.11 bits per heavy atom. The van der Waals surface area contributed by atoms with Gasteiger partial charge in [-0.1, -0.05) is 12.1 Å². The Morgan fingerprint density at radius 2 is 1.85 bits per heavy atom. The van der Waals surface area contributed by atoms with Crippen LogP contribution in [0.25, 0.3) is 0 Å². The number of hydrogen-bond donors (Lipinski definition) is 1. The Kier molecular flexibility index (Phi) is 3.90. The van der Waals surface area contributed by atoms with Gasteiger partial charge < -0.3 is 10.0 Å². The molecule has 2 bridgehead atoms. The third kappa shape index (κ3) is 2.62. The zero-order chi connectivity index (χ0) is 18.5. The lowest BCUT2D eigenvalue weighted by molar-refractivity contribution is -0.00366. The summed E-state index contributed by atoms with van der Waals surface area (Å²) < 4.78 is 13.4. The summed E-state index contributed by atoms with van der Waals surface area (Å²) in [6.07, 6.45) is 3.72. The zero-order valence-electron chi connectivity index (χ0n) is 15.0. The lowest BCUT2D eigenvalue weighted by Gasteiger charge is -2.51. The highest BCUT2D eigenvalue weighted by Gasteiger charge is 2.55. The molecule has 1 amide bonds. The van der Waals surface area contributed by atoms with Crippen LogP contribution in [-0.2, 0) is 0 Å². The van der Waals surface area contributed by atoms with Crippen LogP contribution in [0.4, 0.5) is 4.39 Å². The number of aromatic hydroxyl groups is 1. The maximum absolute atomic E-state index is 13.4. The van der Waals surface area contributed by atoms with Crippen LogP contribution in [0.3, 0.4) is 0 Å². The first kappa shape index (κ1) is 16.7. The highest BCUT2D eigenvalue weighted by Crippen LogP contribution is 2.47. The van der Waals surface area contributed by atoms with Crippen LogP contribution in [0.5, 0.6) is 5.75 Å². The second-order valence-electron chi connectivity index (χ2n) is 7.84. The van der Waals surface area contributed by atoms with E-state index < -0.39 is 0 Å². The van der Waals surface area contributed by atoms with E-state index in [9.17, 15) is 14.3 Å². The number of rotatable bonds is 2. The molecule has 5 nitrogen and oxygen atoms in total. The Bertz CT molecular complexity index is 864. The highest BCUT2D eigenvalue weighted by molar-refractivity contribution is 5.95. The lowest BCUT2D eigenvalue weighted by atomic mass is 9.75. The van der Waals surface area contributed by atoms with E-state index >= 15 is 0 Å². The molecule has 3 atom stereocenters. The molecule has 4 saturated heterocycles. The average molecular weight is 367 g/mol. The van der Waals surface area contributed by atoms with Crippen molar-refractivity contribution in [1.29, 1.82) is 0 Å². The fourth-order valence-electron chi connectivity index (χ4n) is 5.36. The Balaban J connectivity index is 1.53. The number of piperidine rings is 3. The molecule has 1 aromatic carbocycles. The van der Waals surface area contributed by atoms with Gasteiger partial charge in [0, 0.05) is 24.7 Å². The molecule has 27 heavy (non-hydrogen) atoms. The third-order valence-electron chi connectivity index (χ3n) is 6.54. The van der Waals surface area contributed by atoms with Gasteiger partial charge in [-0.25, -0.2) is 9.37 Å². The van der Waals surface area contributed by atoms with Crippen LogP contribution in [-0.4, -0.2) is 57.5 Å². The van der Waals surface area contributed by atoms with Crippen molar-refractivity contribution in [3.8, 4) is 5.75 Å². The number of fused-ring (bicyclic) bond motifs is 2. The number of amides is 1. The SMILES string of the molecule is O=C(c1ncccc1O)N1C[C@H](c2ccc(F)cc2)[C@H]2[C@@H]1C1CCN2CC1. The van der Waals surface area contributed by atoms with Gasteiger partial charge in [-0.15, -0.1) is 0 Å². The van der Waals surface area contributed by atoms with Crippen LogP contribution in [0.2, 0.25) is 0 Å². The van der Waals surface area contributed by atoms with Crippen LogP contribution < -0.4 is 0 Å². The number of carbonyl (C=O) groups is 1. The maximum atomic E-state index is 13.4. The number of benzene rings is 1. The number of nitrogens with zero attached hydrogens (tertiary/aromatic N) is 3. The standard InChI is InChI=1S/C21H22FN3O2/c22-15-5-3-13(4-6-15)16-12-25(21(27)18-17(26)2-1-9-23-18)19-14-7-10-24(11-8-14)20(16)19/h1-6,9,14,16,19-20,26H,7-8,10-12H2/t16-,19+,20+/m1/s1. The number of carbonyl (C=O) groups excluding carboxylic acids is 1. The third-order valence-corrected chi connectivity index (χ3v) is 6.54. The smallest absolute Gasteiger partial charge is 0.276 e. The molecule has 0 aliphatic carbocycles. The number of pyridine rings is 1. The number of aromatic nitrogens is 1. The molecule has 1 aromatic heterocycles. The summed E-state index contributed by atoms with van der Waals surface area (Å²) >= 11 is 0. The highest BCUT2D eigenvalue weighted by atomic mass is 19.1. The fourth-order valence-corrected chi connectivity index (χ4v) is 5.36. The maximum Gasteiger partial charge on any atom is 0.276 e. The van der Waals surface area contributed by atoms with Crippen molar-refractivity contribution in [2.75, 3.05) is 19.6 Å². The molecule has 4 fully saturated rings. The van der Waals surface area contributed by atoms with E-state index in [2.05, 4.69) is 9.88 Å². The second-order valence-corrected chi connectivity index (χ2v) is 7.84. The largest absolute Gasteiger partial charge is 0.505 e. The van der Waals surface area contributed by atoms with Crippen molar-refractivity contribution in [3.05, 3.63) is 59.7 Å². The number of hydrogen-bond acceptors (Lipinski definition) is 4. The van der Waals surface area contributed by atoms with Gasteiger partial charge >= 0.3 is 0 Å². The Labute approximate surface area is 157 Å². The topological polar surface area (TPSA) is 56.7 Å². The molecule has 0 radical (unpaired) electrons. The van der Waals surface area contributed by atoms with Gasteiger partial charge in [-0.2, -0.15) is 0 Å². The summed E-state index contributed by atoms with van der Waals surface area (Å²) in [7, 11) is 0. The van der Waals surface area contributed by atoms with Gasteiger partial charge in [0.2, 0.25) is 0 Å². The minimum absolute atomic E-state index is 0.0782.